The number of hydrogen-bond donors (Lipinski definition) is 0. The fourth-order valence-electron chi connectivity index (χ4n) is 2.70. The highest BCUT2D eigenvalue weighted by molar-refractivity contribution is 6.00. The summed E-state index contributed by atoms with van der Waals surface area (Å²) in [7, 11) is 0. The predicted octanol–water partition coefficient (Wildman–Crippen LogP) is 3.79. The van der Waals surface area contributed by atoms with Crippen LogP contribution in [0.25, 0.3) is 0 Å². The Balaban J connectivity index is 2.92. The number of esters is 2. The molecule has 0 spiro atoms. The van der Waals surface area contributed by atoms with E-state index in [0.717, 1.165) is 38.5 Å². The zero-order valence-corrected chi connectivity index (χ0v) is 13.6. The molecule has 1 fully saturated rings. The molecule has 4 nitrogen and oxygen atoms in total. The molecular weight excluding hydrogens is 268 g/mol. The van der Waals surface area contributed by atoms with Gasteiger partial charge in [0.2, 0.25) is 0 Å². The molecule has 1 saturated carbocycles. The van der Waals surface area contributed by atoms with Gasteiger partial charge >= 0.3 is 11.9 Å². The molecule has 0 bridgehead atoms. The standard InChI is InChI=1S/C17H28O4/c1-4-11-20-16(18)13(3)15(17(19)21-12-5-2)14-9-7-6-8-10-14/h14H,4-12H2,1-3H3. The highest BCUT2D eigenvalue weighted by Crippen LogP contribution is 2.32. The first-order valence-electron chi connectivity index (χ1n) is 8.16. The maximum Gasteiger partial charge on any atom is 0.334 e. The van der Waals surface area contributed by atoms with Crippen molar-refractivity contribution in [3.05, 3.63) is 11.1 Å². The third kappa shape index (κ3) is 5.52. The zero-order chi connectivity index (χ0) is 15.7. The molecule has 1 aliphatic carbocycles. The lowest BCUT2D eigenvalue weighted by atomic mass is 9.82. The van der Waals surface area contributed by atoms with E-state index in [0.29, 0.717) is 24.4 Å². The first kappa shape index (κ1) is 17.7. The molecule has 0 aromatic heterocycles. The van der Waals surface area contributed by atoms with Gasteiger partial charge in [-0.1, -0.05) is 33.1 Å². The van der Waals surface area contributed by atoms with Crippen molar-refractivity contribution in [3.63, 3.8) is 0 Å². The normalized spacial score (nSPS) is 17.1. The summed E-state index contributed by atoms with van der Waals surface area (Å²) in [5.41, 5.74) is 0.973. The van der Waals surface area contributed by atoms with E-state index >= 15 is 0 Å². The summed E-state index contributed by atoms with van der Waals surface area (Å²) in [5, 5.41) is 0. The summed E-state index contributed by atoms with van der Waals surface area (Å²) in [4.78, 5) is 24.4. The second-order valence-corrected chi connectivity index (χ2v) is 5.65. The molecule has 0 radical (unpaired) electrons. The molecule has 0 aromatic rings. The third-order valence-electron chi connectivity index (χ3n) is 3.82. The van der Waals surface area contributed by atoms with Gasteiger partial charge in [0.15, 0.2) is 0 Å². The Morgan fingerprint density at radius 1 is 0.905 bits per heavy atom. The molecule has 1 rings (SSSR count). The van der Waals surface area contributed by atoms with Crippen molar-refractivity contribution in [2.45, 2.75) is 65.7 Å². The molecular formula is C17H28O4. The van der Waals surface area contributed by atoms with E-state index in [2.05, 4.69) is 0 Å². The maximum atomic E-state index is 12.3. The highest BCUT2D eigenvalue weighted by Gasteiger charge is 2.28. The van der Waals surface area contributed by atoms with Crippen LogP contribution in [0.2, 0.25) is 0 Å². The largest absolute Gasteiger partial charge is 0.462 e. The Bertz CT molecular complexity index is 378. The minimum absolute atomic E-state index is 0.136. The van der Waals surface area contributed by atoms with Crippen molar-refractivity contribution >= 4 is 11.9 Å². The maximum absolute atomic E-state index is 12.3. The molecule has 0 aromatic carbocycles. The van der Waals surface area contributed by atoms with Crippen LogP contribution < -0.4 is 0 Å². The predicted molar refractivity (Wildman–Crippen MR) is 81.8 cm³/mol. The first-order valence-corrected chi connectivity index (χ1v) is 8.16. The molecule has 0 heterocycles. The molecule has 21 heavy (non-hydrogen) atoms. The van der Waals surface area contributed by atoms with Crippen LogP contribution in [0.3, 0.4) is 0 Å². The smallest absolute Gasteiger partial charge is 0.334 e. The summed E-state index contributed by atoms with van der Waals surface area (Å²) in [6.07, 6.45) is 6.87. The molecule has 4 heteroatoms. The van der Waals surface area contributed by atoms with E-state index in [9.17, 15) is 9.59 Å². The van der Waals surface area contributed by atoms with E-state index in [1.807, 2.05) is 13.8 Å². The lowest BCUT2D eigenvalue weighted by Gasteiger charge is -2.24. The van der Waals surface area contributed by atoms with Crippen molar-refractivity contribution in [2.75, 3.05) is 13.2 Å². The van der Waals surface area contributed by atoms with Crippen LogP contribution in [-0.2, 0) is 19.1 Å². The minimum atomic E-state index is -0.383. The van der Waals surface area contributed by atoms with Crippen LogP contribution in [0.1, 0.15) is 65.7 Å². The van der Waals surface area contributed by atoms with Crippen molar-refractivity contribution in [2.24, 2.45) is 5.92 Å². The van der Waals surface area contributed by atoms with Crippen LogP contribution in [-0.4, -0.2) is 25.2 Å². The Morgan fingerprint density at radius 3 is 1.95 bits per heavy atom. The Morgan fingerprint density at radius 2 is 1.43 bits per heavy atom. The fraction of sp³-hybridized carbons (Fsp3) is 0.765. The van der Waals surface area contributed by atoms with Crippen molar-refractivity contribution < 1.29 is 19.1 Å². The lowest BCUT2D eigenvalue weighted by Crippen LogP contribution is -2.23. The molecule has 0 unspecified atom stereocenters. The summed E-state index contributed by atoms with van der Waals surface area (Å²) in [6.45, 7) is 6.38. The van der Waals surface area contributed by atoms with Gasteiger partial charge in [-0.2, -0.15) is 0 Å². The van der Waals surface area contributed by atoms with Crippen LogP contribution in [0.5, 0.6) is 0 Å². The number of hydrogen-bond acceptors (Lipinski definition) is 4. The van der Waals surface area contributed by atoms with Crippen LogP contribution in [0.4, 0.5) is 0 Å². The van der Waals surface area contributed by atoms with Gasteiger partial charge in [-0.3, -0.25) is 0 Å². The molecule has 0 saturated heterocycles. The lowest BCUT2D eigenvalue weighted by molar-refractivity contribution is -0.143. The van der Waals surface area contributed by atoms with E-state index in [4.69, 9.17) is 9.47 Å². The SMILES string of the molecule is CCCOC(=O)C(C)=C(C(=O)OCCC)C1CCCCC1. The van der Waals surface area contributed by atoms with Gasteiger partial charge in [-0.15, -0.1) is 0 Å². The summed E-state index contributed by atoms with van der Waals surface area (Å²) in [5.74, 6) is -0.585. The van der Waals surface area contributed by atoms with Crippen molar-refractivity contribution in [1.29, 1.82) is 0 Å². The fourth-order valence-corrected chi connectivity index (χ4v) is 2.70. The van der Waals surface area contributed by atoms with E-state index in [-0.39, 0.29) is 17.9 Å². The molecule has 120 valence electrons. The van der Waals surface area contributed by atoms with Gasteiger partial charge in [-0.05, 0) is 38.5 Å². The molecule has 0 aliphatic heterocycles. The van der Waals surface area contributed by atoms with E-state index in [1.165, 1.54) is 6.42 Å². The van der Waals surface area contributed by atoms with Crippen LogP contribution >= 0.6 is 0 Å². The highest BCUT2D eigenvalue weighted by atomic mass is 16.5. The molecule has 0 N–H and O–H groups in total. The first-order chi connectivity index (χ1) is 10.1. The average molecular weight is 296 g/mol. The number of rotatable bonds is 7. The third-order valence-corrected chi connectivity index (χ3v) is 3.82. The summed E-state index contributed by atoms with van der Waals surface area (Å²) < 4.78 is 10.5. The van der Waals surface area contributed by atoms with Gasteiger partial charge in [0.05, 0.1) is 18.8 Å². The summed E-state index contributed by atoms with van der Waals surface area (Å²) in [6, 6.07) is 0. The van der Waals surface area contributed by atoms with Gasteiger partial charge in [0, 0.05) is 5.57 Å². The van der Waals surface area contributed by atoms with Crippen molar-refractivity contribution in [1.82, 2.24) is 0 Å². The number of carbonyl (C=O) groups excluding carboxylic acids is 2. The minimum Gasteiger partial charge on any atom is -0.462 e. The molecule has 0 amide bonds. The summed E-state index contributed by atoms with van der Waals surface area (Å²) >= 11 is 0. The van der Waals surface area contributed by atoms with Crippen LogP contribution in [0, 0.1) is 5.92 Å². The molecule has 0 atom stereocenters. The zero-order valence-electron chi connectivity index (χ0n) is 13.6. The monoisotopic (exact) mass is 296 g/mol. The Hall–Kier alpha value is -1.32. The second-order valence-electron chi connectivity index (χ2n) is 5.65. The van der Waals surface area contributed by atoms with Crippen LogP contribution in [0.15, 0.2) is 11.1 Å². The Kier molecular flexibility index (Phi) is 8.09. The quantitative estimate of drug-likeness (QED) is 0.530. The number of carbonyl (C=O) groups is 2. The van der Waals surface area contributed by atoms with Gasteiger partial charge in [0.25, 0.3) is 0 Å². The Labute approximate surface area is 127 Å². The average Bonchev–Trinajstić information content (AvgIpc) is 2.51. The van der Waals surface area contributed by atoms with Gasteiger partial charge in [0.1, 0.15) is 0 Å². The van der Waals surface area contributed by atoms with Gasteiger partial charge < -0.3 is 9.47 Å². The topological polar surface area (TPSA) is 52.6 Å². The number of ether oxygens (including phenoxy) is 2. The van der Waals surface area contributed by atoms with E-state index < -0.39 is 0 Å². The van der Waals surface area contributed by atoms with Gasteiger partial charge in [-0.25, -0.2) is 9.59 Å². The van der Waals surface area contributed by atoms with Crippen molar-refractivity contribution in [3.8, 4) is 0 Å². The van der Waals surface area contributed by atoms with E-state index in [1.54, 1.807) is 6.92 Å². The second kappa shape index (κ2) is 9.59. The molecule has 1 aliphatic rings.